The van der Waals surface area contributed by atoms with Gasteiger partial charge in [0.15, 0.2) is 0 Å². The number of methoxy groups -OCH3 is 1. The number of primary amides is 1. The van der Waals surface area contributed by atoms with Crippen molar-refractivity contribution in [3.63, 3.8) is 0 Å². The Morgan fingerprint density at radius 3 is 2.25 bits per heavy atom. The van der Waals surface area contributed by atoms with Crippen molar-refractivity contribution in [2.75, 3.05) is 51.2 Å². The van der Waals surface area contributed by atoms with Crippen LogP contribution in [0.5, 0.6) is 23.0 Å². The van der Waals surface area contributed by atoms with Gasteiger partial charge in [-0.1, -0.05) is 22.6 Å². The van der Waals surface area contributed by atoms with Gasteiger partial charge in [0, 0.05) is 26.3 Å². The maximum absolute atomic E-state index is 11.2. The zero-order valence-corrected chi connectivity index (χ0v) is 20.1. The number of carbonyl (C=O) groups excluding carboxylic acids is 1. The minimum absolute atomic E-state index is 0.0441. The number of carbonyl (C=O) groups is 1. The van der Waals surface area contributed by atoms with Gasteiger partial charge < -0.3 is 34.9 Å². The number of aliphatic hydroxyl groups excluding tert-OH is 1. The van der Waals surface area contributed by atoms with Crippen LogP contribution in [0.1, 0.15) is 10.4 Å². The molecule has 176 valence electrons. The van der Waals surface area contributed by atoms with Crippen LogP contribution < -0.4 is 19.9 Å². The molecule has 1 amide bonds. The molecule has 0 saturated heterocycles. The number of alkyl halides is 1. The molecule has 0 heterocycles. The van der Waals surface area contributed by atoms with Crippen molar-refractivity contribution in [2.45, 2.75) is 6.10 Å². The summed E-state index contributed by atoms with van der Waals surface area (Å²) >= 11 is 2.22. The standard InChI is InChI=1S/C22H29IN2O7/c1-29-10-11-31-17-2-4-18(5-3-17)32-14-16(26)13-25(15-23)8-9-30-19-6-7-20(22(24)28)21(27)12-19/h2-7,12,16,26-27H,8-11,13-15H2,1H3,(H2,24,28). The highest BCUT2D eigenvalue weighted by molar-refractivity contribution is 14.1. The third kappa shape index (κ3) is 9.07. The van der Waals surface area contributed by atoms with Gasteiger partial charge in [0.05, 0.1) is 16.7 Å². The lowest BCUT2D eigenvalue weighted by molar-refractivity contribution is 0.0712. The van der Waals surface area contributed by atoms with E-state index in [4.69, 9.17) is 24.7 Å². The largest absolute Gasteiger partial charge is 0.507 e. The minimum Gasteiger partial charge on any atom is -0.507 e. The molecule has 9 nitrogen and oxygen atoms in total. The van der Waals surface area contributed by atoms with Crippen LogP contribution in [0.4, 0.5) is 0 Å². The topological polar surface area (TPSA) is 124 Å². The lowest BCUT2D eigenvalue weighted by atomic mass is 10.2. The number of benzene rings is 2. The number of nitrogens with two attached hydrogens (primary N) is 1. The van der Waals surface area contributed by atoms with E-state index in [-0.39, 0.29) is 17.9 Å². The molecule has 0 bridgehead atoms. The van der Waals surface area contributed by atoms with Crippen molar-refractivity contribution in [3.8, 4) is 23.0 Å². The average Bonchev–Trinajstić information content (AvgIpc) is 2.78. The number of aliphatic hydroxyl groups is 1. The van der Waals surface area contributed by atoms with Gasteiger partial charge in [0.1, 0.15) is 48.9 Å². The molecular weight excluding hydrogens is 531 g/mol. The predicted octanol–water partition coefficient (Wildman–Crippen LogP) is 2.03. The Bertz CT molecular complexity index is 836. The molecule has 0 aliphatic rings. The highest BCUT2D eigenvalue weighted by Crippen LogP contribution is 2.23. The average molecular weight is 560 g/mol. The Labute approximate surface area is 201 Å². The van der Waals surface area contributed by atoms with Crippen LogP contribution in [0.3, 0.4) is 0 Å². The lowest BCUT2D eigenvalue weighted by Gasteiger charge is -2.23. The fourth-order valence-electron chi connectivity index (χ4n) is 2.72. The Hall–Kier alpha value is -2.28. The third-order valence-electron chi connectivity index (χ3n) is 4.37. The normalized spacial score (nSPS) is 11.9. The molecule has 0 saturated carbocycles. The molecule has 2 aromatic rings. The van der Waals surface area contributed by atoms with Gasteiger partial charge in [-0.05, 0) is 36.4 Å². The van der Waals surface area contributed by atoms with E-state index in [1.165, 1.54) is 12.1 Å². The van der Waals surface area contributed by atoms with E-state index in [9.17, 15) is 15.0 Å². The number of rotatable bonds is 15. The first-order valence-corrected chi connectivity index (χ1v) is 11.5. The number of halogens is 1. The summed E-state index contributed by atoms with van der Waals surface area (Å²) in [7, 11) is 1.62. The maximum Gasteiger partial charge on any atom is 0.252 e. The van der Waals surface area contributed by atoms with Crippen molar-refractivity contribution in [3.05, 3.63) is 48.0 Å². The van der Waals surface area contributed by atoms with Crippen molar-refractivity contribution in [1.82, 2.24) is 4.90 Å². The fraction of sp³-hybridized carbons (Fsp3) is 0.409. The van der Waals surface area contributed by atoms with Crippen LogP contribution >= 0.6 is 22.6 Å². The van der Waals surface area contributed by atoms with Crippen LogP contribution in [-0.2, 0) is 4.74 Å². The summed E-state index contributed by atoms with van der Waals surface area (Å²) in [5, 5.41) is 20.1. The van der Waals surface area contributed by atoms with Gasteiger partial charge in [0.25, 0.3) is 5.91 Å². The first-order valence-electron chi connectivity index (χ1n) is 9.99. The van der Waals surface area contributed by atoms with Crippen LogP contribution in [0.2, 0.25) is 0 Å². The number of hydrogen-bond acceptors (Lipinski definition) is 8. The lowest BCUT2D eigenvalue weighted by Crippen LogP contribution is -2.37. The van der Waals surface area contributed by atoms with Gasteiger partial charge in [-0.25, -0.2) is 0 Å². The monoisotopic (exact) mass is 560 g/mol. The molecule has 0 aliphatic heterocycles. The molecule has 1 unspecified atom stereocenters. The molecule has 2 rings (SSSR count). The van der Waals surface area contributed by atoms with E-state index in [1.807, 2.05) is 4.90 Å². The number of hydrogen-bond donors (Lipinski definition) is 3. The zero-order chi connectivity index (χ0) is 23.3. The van der Waals surface area contributed by atoms with Crippen molar-refractivity contribution in [2.24, 2.45) is 5.73 Å². The Morgan fingerprint density at radius 1 is 1.03 bits per heavy atom. The summed E-state index contributed by atoms with van der Waals surface area (Å²) < 4.78 is 22.4. The van der Waals surface area contributed by atoms with Crippen molar-refractivity contribution >= 4 is 28.5 Å². The Morgan fingerprint density at radius 2 is 1.66 bits per heavy atom. The third-order valence-corrected chi connectivity index (χ3v) is 5.34. The second kappa shape index (κ2) is 14.0. The number of aromatic hydroxyl groups is 1. The van der Waals surface area contributed by atoms with E-state index in [1.54, 1.807) is 37.4 Å². The maximum atomic E-state index is 11.2. The highest BCUT2D eigenvalue weighted by Gasteiger charge is 2.13. The van der Waals surface area contributed by atoms with Crippen LogP contribution in [0.25, 0.3) is 0 Å². The van der Waals surface area contributed by atoms with E-state index in [0.29, 0.717) is 49.0 Å². The summed E-state index contributed by atoms with van der Waals surface area (Å²) in [5.41, 5.74) is 5.21. The number of nitrogens with zero attached hydrogens (tertiary/aromatic N) is 1. The number of phenols is 1. The van der Waals surface area contributed by atoms with Gasteiger partial charge >= 0.3 is 0 Å². The molecule has 10 heteroatoms. The van der Waals surface area contributed by atoms with Gasteiger partial charge in [-0.2, -0.15) is 0 Å². The molecule has 0 aliphatic carbocycles. The first kappa shape index (κ1) is 26.0. The molecule has 0 radical (unpaired) electrons. The smallest absolute Gasteiger partial charge is 0.252 e. The minimum atomic E-state index is -0.701. The van der Waals surface area contributed by atoms with E-state index >= 15 is 0 Å². The summed E-state index contributed by atoms with van der Waals surface area (Å²) in [5.74, 6) is 0.880. The molecule has 1 atom stereocenters. The van der Waals surface area contributed by atoms with Crippen LogP contribution in [-0.4, -0.2) is 78.3 Å². The summed E-state index contributed by atoms with van der Waals surface area (Å²) in [6.45, 7) is 2.47. The van der Waals surface area contributed by atoms with Crippen LogP contribution in [0, 0.1) is 0 Å². The molecule has 0 fully saturated rings. The van der Waals surface area contributed by atoms with Crippen LogP contribution in [0.15, 0.2) is 42.5 Å². The molecular formula is C22H29IN2O7. The van der Waals surface area contributed by atoms with Gasteiger partial charge in [-0.15, -0.1) is 0 Å². The van der Waals surface area contributed by atoms with E-state index < -0.39 is 12.0 Å². The highest BCUT2D eigenvalue weighted by atomic mass is 127. The molecule has 2 aromatic carbocycles. The Kier molecular flexibility index (Phi) is 11.4. The van der Waals surface area contributed by atoms with E-state index in [0.717, 1.165) is 5.75 Å². The fourth-order valence-corrected chi connectivity index (χ4v) is 3.34. The SMILES string of the molecule is COCCOc1ccc(OCC(O)CN(CI)CCOc2ccc(C(N)=O)c(O)c2)cc1. The second-order valence-corrected chi connectivity index (χ2v) is 7.55. The first-order chi connectivity index (χ1) is 15.4. The summed E-state index contributed by atoms with van der Waals surface area (Å²) in [6.07, 6.45) is -0.679. The molecule has 0 aromatic heterocycles. The summed E-state index contributed by atoms with van der Waals surface area (Å²) in [4.78, 5) is 13.2. The molecule has 0 spiro atoms. The van der Waals surface area contributed by atoms with Gasteiger partial charge in [0.2, 0.25) is 0 Å². The zero-order valence-electron chi connectivity index (χ0n) is 17.9. The van der Waals surface area contributed by atoms with Gasteiger partial charge in [-0.3, -0.25) is 9.69 Å². The number of ether oxygens (including phenoxy) is 4. The summed E-state index contributed by atoms with van der Waals surface area (Å²) in [6, 6.07) is 11.5. The predicted molar refractivity (Wildman–Crippen MR) is 128 cm³/mol. The Balaban J connectivity index is 1.71. The molecule has 4 N–H and O–H groups in total. The van der Waals surface area contributed by atoms with Crippen molar-refractivity contribution < 1.29 is 34.0 Å². The second-order valence-electron chi connectivity index (χ2n) is 6.87. The van der Waals surface area contributed by atoms with Crippen molar-refractivity contribution in [1.29, 1.82) is 0 Å². The number of amides is 1. The van der Waals surface area contributed by atoms with E-state index in [2.05, 4.69) is 22.6 Å². The molecule has 32 heavy (non-hydrogen) atoms. The quantitative estimate of drug-likeness (QED) is 0.131.